The van der Waals surface area contributed by atoms with Crippen LogP contribution in [0, 0.1) is 5.92 Å². The molecule has 7 heteroatoms. The molecule has 146 valence electrons. The zero-order valence-electron chi connectivity index (χ0n) is 15.8. The van der Waals surface area contributed by atoms with Gasteiger partial charge in [0.1, 0.15) is 0 Å². The van der Waals surface area contributed by atoms with Crippen molar-refractivity contribution in [2.75, 3.05) is 57.8 Å². The Morgan fingerprint density at radius 1 is 1.04 bits per heavy atom. The first kappa shape index (κ1) is 19.1. The summed E-state index contributed by atoms with van der Waals surface area (Å²) < 4.78 is 0. The van der Waals surface area contributed by atoms with E-state index < -0.39 is 0 Å². The fraction of sp³-hybridized carbons (Fsp3) is 0.550. The number of anilines is 1. The molecule has 27 heavy (non-hydrogen) atoms. The molecule has 1 unspecified atom stereocenters. The summed E-state index contributed by atoms with van der Waals surface area (Å²) in [6, 6.07) is 7.65. The Balaban J connectivity index is 1.34. The number of rotatable bonds is 4. The third kappa shape index (κ3) is 4.77. The van der Waals surface area contributed by atoms with E-state index in [9.17, 15) is 0 Å². The van der Waals surface area contributed by atoms with E-state index in [0.29, 0.717) is 10.0 Å². The van der Waals surface area contributed by atoms with Crippen LogP contribution >= 0.6 is 23.2 Å². The van der Waals surface area contributed by atoms with E-state index in [2.05, 4.69) is 38.0 Å². The Bertz CT molecular complexity index is 749. The third-order valence-electron chi connectivity index (χ3n) is 5.67. The van der Waals surface area contributed by atoms with E-state index in [1.807, 2.05) is 12.1 Å². The molecule has 1 N–H and O–H groups in total. The topological polar surface area (TPSA) is 38.4 Å². The van der Waals surface area contributed by atoms with Gasteiger partial charge in [-0.25, -0.2) is 0 Å². The number of aromatic amines is 1. The molecule has 1 aromatic carbocycles. The second-order valence-electron chi connectivity index (χ2n) is 7.86. The molecule has 0 spiro atoms. The van der Waals surface area contributed by atoms with Gasteiger partial charge in [-0.2, -0.15) is 5.10 Å². The molecule has 5 nitrogen and oxygen atoms in total. The summed E-state index contributed by atoms with van der Waals surface area (Å²) in [7, 11) is 2.24. The largest absolute Gasteiger partial charge is 0.353 e. The number of hydrogen-bond acceptors (Lipinski definition) is 4. The summed E-state index contributed by atoms with van der Waals surface area (Å²) >= 11 is 12.2. The van der Waals surface area contributed by atoms with Crippen LogP contribution in [0.1, 0.15) is 12.8 Å². The molecule has 1 atom stereocenters. The molecule has 0 aliphatic carbocycles. The van der Waals surface area contributed by atoms with Crippen molar-refractivity contribution in [2.45, 2.75) is 12.8 Å². The van der Waals surface area contributed by atoms with E-state index in [1.54, 1.807) is 6.07 Å². The van der Waals surface area contributed by atoms with Crippen molar-refractivity contribution in [3.8, 4) is 11.3 Å². The van der Waals surface area contributed by atoms with Crippen molar-refractivity contribution in [2.24, 2.45) is 5.92 Å². The van der Waals surface area contributed by atoms with E-state index >= 15 is 0 Å². The molecule has 2 saturated heterocycles. The lowest BCUT2D eigenvalue weighted by Crippen LogP contribution is -2.49. The second-order valence-corrected chi connectivity index (χ2v) is 8.73. The normalized spacial score (nSPS) is 22.3. The number of likely N-dealkylation sites (tertiary alicyclic amines) is 1. The molecular formula is C20H27Cl2N5. The maximum Gasteiger partial charge on any atom is 0.151 e. The monoisotopic (exact) mass is 407 g/mol. The quantitative estimate of drug-likeness (QED) is 0.834. The van der Waals surface area contributed by atoms with Crippen LogP contribution in [0.15, 0.2) is 24.3 Å². The van der Waals surface area contributed by atoms with Gasteiger partial charge in [0.05, 0.1) is 5.69 Å². The maximum absolute atomic E-state index is 6.12. The van der Waals surface area contributed by atoms with Crippen molar-refractivity contribution >= 4 is 29.0 Å². The molecule has 2 aliphatic rings. The zero-order chi connectivity index (χ0) is 18.8. The molecule has 0 bridgehead atoms. The Hall–Kier alpha value is -1.27. The van der Waals surface area contributed by atoms with E-state index in [1.165, 1.54) is 32.5 Å². The van der Waals surface area contributed by atoms with E-state index in [4.69, 9.17) is 23.2 Å². The Morgan fingerprint density at radius 3 is 2.48 bits per heavy atom. The van der Waals surface area contributed by atoms with Gasteiger partial charge in [0.25, 0.3) is 0 Å². The van der Waals surface area contributed by atoms with E-state index in [-0.39, 0.29) is 0 Å². The summed E-state index contributed by atoms with van der Waals surface area (Å²) in [6.07, 6.45) is 2.71. The highest BCUT2D eigenvalue weighted by Crippen LogP contribution is 2.28. The first-order valence-electron chi connectivity index (χ1n) is 9.74. The fourth-order valence-electron chi connectivity index (χ4n) is 4.28. The standard InChI is InChI=1S/C20H27Cl2N5/c1-25-4-2-3-15(13-25)14-26-5-7-27(8-6-26)20-12-19(23-24-20)16-9-17(21)11-18(22)10-16/h9-12,15H,2-8,13-14H2,1H3,(H,23,24). The third-order valence-corrected chi connectivity index (χ3v) is 6.11. The molecule has 0 amide bonds. The number of piperidine rings is 1. The van der Waals surface area contributed by atoms with Gasteiger partial charge in [-0.3, -0.25) is 10.00 Å². The Labute approximate surface area is 171 Å². The molecule has 0 radical (unpaired) electrons. The fourth-order valence-corrected chi connectivity index (χ4v) is 4.80. The van der Waals surface area contributed by atoms with Gasteiger partial charge in [-0.1, -0.05) is 23.2 Å². The predicted octanol–water partition coefficient (Wildman–Crippen LogP) is 3.85. The summed E-state index contributed by atoms with van der Waals surface area (Å²) in [5, 5.41) is 8.91. The van der Waals surface area contributed by atoms with Gasteiger partial charge in [0, 0.05) is 60.9 Å². The number of nitrogens with zero attached hydrogens (tertiary/aromatic N) is 4. The lowest BCUT2D eigenvalue weighted by molar-refractivity contribution is 0.147. The Morgan fingerprint density at radius 2 is 1.78 bits per heavy atom. The van der Waals surface area contributed by atoms with Crippen molar-refractivity contribution < 1.29 is 0 Å². The highest BCUT2D eigenvalue weighted by molar-refractivity contribution is 6.35. The number of H-pyrrole nitrogens is 1. The molecule has 2 fully saturated rings. The SMILES string of the molecule is CN1CCCC(CN2CCN(c3cc(-c4cc(Cl)cc(Cl)c4)[nH]n3)CC2)C1. The first-order chi connectivity index (χ1) is 13.1. The maximum atomic E-state index is 6.12. The van der Waals surface area contributed by atoms with Crippen LogP contribution in [0.4, 0.5) is 5.82 Å². The predicted molar refractivity (Wildman–Crippen MR) is 113 cm³/mol. The molecule has 1 aromatic heterocycles. The Kier molecular flexibility index (Phi) is 5.93. The highest BCUT2D eigenvalue weighted by Gasteiger charge is 2.24. The lowest BCUT2D eigenvalue weighted by atomic mass is 9.97. The van der Waals surface area contributed by atoms with Crippen LogP contribution in [0.25, 0.3) is 11.3 Å². The first-order valence-corrected chi connectivity index (χ1v) is 10.5. The van der Waals surface area contributed by atoms with Crippen LogP contribution in [0.3, 0.4) is 0 Å². The summed E-state index contributed by atoms with van der Waals surface area (Å²) in [5.41, 5.74) is 1.91. The molecule has 2 aliphatic heterocycles. The molecule has 0 saturated carbocycles. The average molecular weight is 408 g/mol. The molecular weight excluding hydrogens is 381 g/mol. The van der Waals surface area contributed by atoms with Gasteiger partial charge in [0.15, 0.2) is 5.82 Å². The van der Waals surface area contributed by atoms with Crippen molar-refractivity contribution in [3.63, 3.8) is 0 Å². The van der Waals surface area contributed by atoms with Gasteiger partial charge < -0.3 is 9.80 Å². The van der Waals surface area contributed by atoms with Crippen molar-refractivity contribution in [1.29, 1.82) is 0 Å². The van der Waals surface area contributed by atoms with Gasteiger partial charge in [-0.15, -0.1) is 0 Å². The minimum absolute atomic E-state index is 0.635. The minimum Gasteiger partial charge on any atom is -0.353 e. The second kappa shape index (κ2) is 8.39. The van der Waals surface area contributed by atoms with Crippen molar-refractivity contribution in [3.05, 3.63) is 34.3 Å². The number of aromatic nitrogens is 2. The molecule has 3 heterocycles. The summed E-state index contributed by atoms with van der Waals surface area (Å²) in [5.74, 6) is 1.82. The van der Waals surface area contributed by atoms with E-state index in [0.717, 1.165) is 49.2 Å². The summed E-state index contributed by atoms with van der Waals surface area (Å²) in [4.78, 5) is 7.44. The highest BCUT2D eigenvalue weighted by atomic mass is 35.5. The summed E-state index contributed by atoms with van der Waals surface area (Å²) in [6.45, 7) is 7.96. The number of benzene rings is 1. The minimum atomic E-state index is 0.635. The van der Waals surface area contributed by atoms with Gasteiger partial charge in [0.2, 0.25) is 0 Å². The lowest BCUT2D eigenvalue weighted by Gasteiger charge is -2.38. The van der Waals surface area contributed by atoms with Gasteiger partial charge in [-0.05, 0) is 50.6 Å². The van der Waals surface area contributed by atoms with Gasteiger partial charge >= 0.3 is 0 Å². The van der Waals surface area contributed by atoms with Crippen LogP contribution in [-0.2, 0) is 0 Å². The zero-order valence-corrected chi connectivity index (χ0v) is 17.3. The van der Waals surface area contributed by atoms with Crippen LogP contribution < -0.4 is 4.90 Å². The molecule has 4 rings (SSSR count). The smallest absolute Gasteiger partial charge is 0.151 e. The van der Waals surface area contributed by atoms with Crippen LogP contribution in [0.2, 0.25) is 10.0 Å². The number of piperazine rings is 1. The molecule has 2 aromatic rings. The van der Waals surface area contributed by atoms with Crippen molar-refractivity contribution in [1.82, 2.24) is 20.0 Å². The average Bonchev–Trinajstić information content (AvgIpc) is 3.12. The van der Waals surface area contributed by atoms with Crippen LogP contribution in [0.5, 0.6) is 0 Å². The van der Waals surface area contributed by atoms with Crippen LogP contribution in [-0.4, -0.2) is 72.9 Å². The number of hydrogen-bond donors (Lipinski definition) is 1. The number of halogens is 2. The number of nitrogens with one attached hydrogen (secondary N) is 1.